The summed E-state index contributed by atoms with van der Waals surface area (Å²) in [7, 11) is 0. The monoisotopic (exact) mass is 217 g/mol. The lowest BCUT2D eigenvalue weighted by Gasteiger charge is -2.10. The van der Waals surface area contributed by atoms with Crippen LogP contribution in [0.2, 0.25) is 0 Å². The minimum Gasteiger partial charge on any atom is -0.479 e. The molecule has 0 aliphatic carbocycles. The molecule has 1 aromatic rings. The topological polar surface area (TPSA) is 79.7 Å². The molecule has 0 radical (unpaired) electrons. The molecule has 1 unspecified atom stereocenters. The second-order valence-electron chi connectivity index (χ2n) is 2.58. The molecule has 0 amide bonds. The van der Waals surface area contributed by atoms with Crippen molar-refractivity contribution < 1.29 is 19.7 Å². The lowest BCUT2D eigenvalue weighted by atomic mass is 10.3. The maximum atomic E-state index is 10.8. The number of carboxylic acid groups (broad SMARTS) is 1. The number of aliphatic carboxylic acids is 1. The van der Waals surface area contributed by atoms with Gasteiger partial charge in [0.15, 0.2) is 6.10 Å². The van der Waals surface area contributed by atoms with Gasteiger partial charge in [0.2, 0.25) is 0 Å². The summed E-state index contributed by atoms with van der Waals surface area (Å²) in [5.74, 6) is -1.06. The van der Waals surface area contributed by atoms with E-state index in [0.29, 0.717) is 12.1 Å². The normalized spacial score (nSPS) is 12.6. The zero-order valence-corrected chi connectivity index (χ0v) is 8.24. The zero-order chi connectivity index (χ0) is 10.4. The van der Waals surface area contributed by atoms with Crippen molar-refractivity contribution in [3.8, 4) is 0 Å². The van der Waals surface area contributed by atoms with E-state index in [1.54, 1.807) is 10.9 Å². The summed E-state index contributed by atoms with van der Waals surface area (Å²) in [6.45, 7) is 0.203. The quantitative estimate of drug-likeness (QED) is 0.684. The number of hydrogen-bond acceptors (Lipinski definition) is 5. The van der Waals surface area contributed by atoms with E-state index in [2.05, 4.69) is 4.98 Å². The fourth-order valence-electron chi connectivity index (χ4n) is 0.900. The second kappa shape index (κ2) is 5.69. The van der Waals surface area contributed by atoms with E-state index in [1.807, 2.05) is 0 Å². The van der Waals surface area contributed by atoms with Crippen LogP contribution in [0.3, 0.4) is 0 Å². The third-order valence-corrected chi connectivity index (χ3v) is 2.14. The van der Waals surface area contributed by atoms with Crippen LogP contribution < -0.4 is 0 Å². The van der Waals surface area contributed by atoms with Crippen LogP contribution in [-0.4, -0.2) is 34.4 Å². The van der Waals surface area contributed by atoms with Gasteiger partial charge in [-0.1, -0.05) is 0 Å². The first-order valence-electron chi connectivity index (χ1n) is 4.09. The number of aliphatic hydroxyl groups excluding tert-OH is 1. The highest BCUT2D eigenvalue weighted by Gasteiger charge is 2.21. The molecule has 0 spiro atoms. The summed E-state index contributed by atoms with van der Waals surface area (Å²) in [5, 5.41) is 19.0. The van der Waals surface area contributed by atoms with Gasteiger partial charge in [0.1, 0.15) is 0 Å². The number of thiazole rings is 1. The van der Waals surface area contributed by atoms with Crippen LogP contribution in [0.5, 0.6) is 0 Å². The van der Waals surface area contributed by atoms with E-state index in [9.17, 15) is 4.79 Å². The Balaban J connectivity index is 2.52. The van der Waals surface area contributed by atoms with E-state index in [-0.39, 0.29) is 13.2 Å². The predicted molar refractivity (Wildman–Crippen MR) is 50.1 cm³/mol. The summed E-state index contributed by atoms with van der Waals surface area (Å²) in [6.07, 6.45) is -0.596. The Morgan fingerprint density at radius 2 is 2.50 bits per heavy atom. The fraction of sp³-hybridized carbons (Fsp3) is 0.500. The van der Waals surface area contributed by atoms with Crippen molar-refractivity contribution in [1.29, 1.82) is 0 Å². The molecule has 0 fully saturated rings. The highest BCUT2D eigenvalue weighted by Crippen LogP contribution is 2.17. The molecule has 78 valence electrons. The molecular formula is C8H11NO4S. The Morgan fingerprint density at radius 3 is 3.00 bits per heavy atom. The smallest absolute Gasteiger partial charge is 0.339 e. The molecule has 2 N–H and O–H groups in total. The van der Waals surface area contributed by atoms with Gasteiger partial charge in [0, 0.05) is 12.0 Å². The number of aliphatic hydroxyl groups is 1. The molecule has 1 atom stereocenters. The van der Waals surface area contributed by atoms with E-state index < -0.39 is 12.1 Å². The summed E-state index contributed by atoms with van der Waals surface area (Å²) in [6, 6.07) is 0. The van der Waals surface area contributed by atoms with Gasteiger partial charge in [0.05, 0.1) is 17.8 Å². The van der Waals surface area contributed by atoms with Crippen LogP contribution in [-0.2, 0) is 9.53 Å². The number of hydrogen-bond donors (Lipinski definition) is 2. The molecule has 0 aliphatic rings. The van der Waals surface area contributed by atoms with Gasteiger partial charge >= 0.3 is 5.97 Å². The summed E-state index contributed by atoms with van der Waals surface area (Å²) < 4.78 is 5.07. The average Bonchev–Trinajstić information content (AvgIpc) is 2.64. The minimum atomic E-state index is -1.06. The largest absolute Gasteiger partial charge is 0.479 e. The van der Waals surface area contributed by atoms with Crippen molar-refractivity contribution in [2.75, 3.05) is 13.2 Å². The first-order valence-corrected chi connectivity index (χ1v) is 5.03. The number of carbonyl (C=O) groups is 1. The van der Waals surface area contributed by atoms with Gasteiger partial charge in [-0.05, 0) is 6.42 Å². The SMILES string of the molecule is O=C(O)C(OCCCO)c1cscn1. The maximum absolute atomic E-state index is 10.8. The van der Waals surface area contributed by atoms with Crippen LogP contribution >= 0.6 is 11.3 Å². The molecule has 1 rings (SSSR count). The summed E-state index contributed by atoms with van der Waals surface area (Å²) in [5.41, 5.74) is 1.96. The molecule has 0 aromatic carbocycles. The van der Waals surface area contributed by atoms with Crippen LogP contribution in [0.4, 0.5) is 0 Å². The van der Waals surface area contributed by atoms with Crippen LogP contribution in [0.15, 0.2) is 10.9 Å². The van der Waals surface area contributed by atoms with Crippen LogP contribution in [0, 0.1) is 0 Å². The van der Waals surface area contributed by atoms with Gasteiger partial charge in [-0.2, -0.15) is 0 Å². The van der Waals surface area contributed by atoms with Gasteiger partial charge in [-0.15, -0.1) is 11.3 Å². The molecule has 0 bridgehead atoms. The second-order valence-corrected chi connectivity index (χ2v) is 3.30. The molecule has 14 heavy (non-hydrogen) atoms. The van der Waals surface area contributed by atoms with Crippen LogP contribution in [0.25, 0.3) is 0 Å². The van der Waals surface area contributed by atoms with E-state index in [4.69, 9.17) is 14.9 Å². The Morgan fingerprint density at radius 1 is 1.71 bits per heavy atom. The third-order valence-electron chi connectivity index (χ3n) is 1.53. The Labute approximate surface area is 85.0 Å². The van der Waals surface area contributed by atoms with E-state index in [1.165, 1.54) is 11.3 Å². The number of aromatic nitrogens is 1. The fourth-order valence-corrected chi connectivity index (χ4v) is 1.47. The number of rotatable bonds is 6. The van der Waals surface area contributed by atoms with E-state index >= 15 is 0 Å². The van der Waals surface area contributed by atoms with Crippen molar-refractivity contribution in [1.82, 2.24) is 4.98 Å². The molecule has 1 aromatic heterocycles. The van der Waals surface area contributed by atoms with Gasteiger partial charge in [0.25, 0.3) is 0 Å². The van der Waals surface area contributed by atoms with Crippen LogP contribution in [0.1, 0.15) is 18.2 Å². The molecule has 0 saturated carbocycles. The van der Waals surface area contributed by atoms with Gasteiger partial charge in [-0.25, -0.2) is 9.78 Å². The minimum absolute atomic E-state index is 0.0105. The lowest BCUT2D eigenvalue weighted by molar-refractivity contribution is -0.151. The van der Waals surface area contributed by atoms with Gasteiger partial charge < -0.3 is 14.9 Å². The average molecular weight is 217 g/mol. The molecule has 0 saturated heterocycles. The van der Waals surface area contributed by atoms with Crippen molar-refractivity contribution in [3.63, 3.8) is 0 Å². The summed E-state index contributed by atoms with van der Waals surface area (Å²) >= 11 is 1.32. The van der Waals surface area contributed by atoms with Crippen molar-refractivity contribution in [3.05, 3.63) is 16.6 Å². The van der Waals surface area contributed by atoms with Crippen molar-refractivity contribution in [2.45, 2.75) is 12.5 Å². The highest BCUT2D eigenvalue weighted by molar-refractivity contribution is 7.07. The highest BCUT2D eigenvalue weighted by atomic mass is 32.1. The number of carboxylic acids is 1. The standard InChI is InChI=1S/C8H11NO4S/c10-2-1-3-13-7(8(11)12)6-4-14-5-9-6/h4-5,7,10H,1-3H2,(H,11,12). The van der Waals surface area contributed by atoms with E-state index in [0.717, 1.165) is 0 Å². The number of ether oxygens (including phenoxy) is 1. The molecule has 5 nitrogen and oxygen atoms in total. The Bertz CT molecular complexity index is 275. The molecule has 1 heterocycles. The van der Waals surface area contributed by atoms with Crippen molar-refractivity contribution in [2.24, 2.45) is 0 Å². The number of nitrogens with zero attached hydrogens (tertiary/aromatic N) is 1. The zero-order valence-electron chi connectivity index (χ0n) is 7.42. The first-order chi connectivity index (χ1) is 6.75. The molecular weight excluding hydrogens is 206 g/mol. The molecule has 6 heteroatoms. The summed E-state index contributed by atoms with van der Waals surface area (Å²) in [4.78, 5) is 14.6. The predicted octanol–water partition coefficient (Wildman–Crippen LogP) is 0.668. The molecule has 0 aliphatic heterocycles. The maximum Gasteiger partial charge on any atom is 0.339 e. The Kier molecular flexibility index (Phi) is 4.51. The lowest BCUT2D eigenvalue weighted by Crippen LogP contribution is -2.16. The Hall–Kier alpha value is -0.980. The van der Waals surface area contributed by atoms with Crippen molar-refractivity contribution >= 4 is 17.3 Å². The first kappa shape index (κ1) is 11.1. The van der Waals surface area contributed by atoms with Gasteiger partial charge in [-0.3, -0.25) is 0 Å². The third kappa shape index (κ3) is 3.06.